The predicted octanol–water partition coefficient (Wildman–Crippen LogP) is 3.61. The summed E-state index contributed by atoms with van der Waals surface area (Å²) in [7, 11) is 1.61. The minimum absolute atomic E-state index is 0.221. The number of aryl methyl sites for hydroxylation is 1. The number of methoxy groups -OCH3 is 1. The fourth-order valence-corrected chi connectivity index (χ4v) is 2.08. The van der Waals surface area contributed by atoms with E-state index in [2.05, 4.69) is 0 Å². The van der Waals surface area contributed by atoms with Crippen LogP contribution in [0.3, 0.4) is 0 Å². The van der Waals surface area contributed by atoms with E-state index < -0.39 is 17.7 Å². The summed E-state index contributed by atoms with van der Waals surface area (Å²) in [6.07, 6.45) is 1.24. The van der Waals surface area contributed by atoms with E-state index in [9.17, 15) is 8.78 Å². The molecule has 0 saturated carbocycles. The molecule has 2 nitrogen and oxygen atoms in total. The van der Waals surface area contributed by atoms with Crippen LogP contribution in [-0.2, 0) is 6.42 Å². The second kappa shape index (κ2) is 6.48. The third-order valence-electron chi connectivity index (χ3n) is 3.28. The Morgan fingerprint density at radius 3 is 2.45 bits per heavy atom. The molecule has 4 heteroatoms. The molecular weight excluding hydrogens is 260 g/mol. The average Bonchev–Trinajstić information content (AvgIpc) is 2.48. The van der Waals surface area contributed by atoms with Crippen molar-refractivity contribution in [2.24, 2.45) is 5.73 Å². The lowest BCUT2D eigenvalue weighted by Gasteiger charge is -2.13. The van der Waals surface area contributed by atoms with Crippen molar-refractivity contribution < 1.29 is 13.5 Å². The highest BCUT2D eigenvalue weighted by atomic mass is 19.2. The number of hydrogen-bond donors (Lipinski definition) is 1. The lowest BCUT2D eigenvalue weighted by molar-refractivity contribution is 0.414. The van der Waals surface area contributed by atoms with E-state index in [1.807, 2.05) is 24.3 Å². The van der Waals surface area contributed by atoms with Crippen LogP contribution in [0.25, 0.3) is 0 Å². The molecular formula is C16H17F2NO. The minimum atomic E-state index is -0.859. The van der Waals surface area contributed by atoms with Crippen LogP contribution in [0, 0.1) is 11.6 Å². The number of rotatable bonds is 5. The van der Waals surface area contributed by atoms with Gasteiger partial charge in [-0.2, -0.15) is 0 Å². The van der Waals surface area contributed by atoms with Crippen molar-refractivity contribution in [3.63, 3.8) is 0 Å². The zero-order chi connectivity index (χ0) is 14.5. The summed E-state index contributed by atoms with van der Waals surface area (Å²) < 4.78 is 31.8. The van der Waals surface area contributed by atoms with E-state index >= 15 is 0 Å². The molecule has 0 saturated heterocycles. The standard InChI is InChI=1S/C16H17F2NO/c1-20-12-8-5-11(6-9-12)7-10-15(19)13-3-2-4-14(17)16(13)18/h2-6,8-9,15H,7,10,19H2,1H3. The van der Waals surface area contributed by atoms with Gasteiger partial charge in [0.2, 0.25) is 0 Å². The normalized spacial score (nSPS) is 12.2. The number of benzene rings is 2. The quantitative estimate of drug-likeness (QED) is 0.906. The minimum Gasteiger partial charge on any atom is -0.497 e. The average molecular weight is 277 g/mol. The first-order valence-electron chi connectivity index (χ1n) is 6.44. The van der Waals surface area contributed by atoms with E-state index in [1.165, 1.54) is 12.1 Å². The van der Waals surface area contributed by atoms with Crippen LogP contribution in [0.15, 0.2) is 42.5 Å². The van der Waals surface area contributed by atoms with E-state index in [-0.39, 0.29) is 5.56 Å². The summed E-state index contributed by atoms with van der Waals surface area (Å²) in [5, 5.41) is 0. The van der Waals surface area contributed by atoms with Crippen LogP contribution in [0.4, 0.5) is 8.78 Å². The highest BCUT2D eigenvalue weighted by molar-refractivity contribution is 5.28. The van der Waals surface area contributed by atoms with Crippen molar-refractivity contribution in [1.82, 2.24) is 0 Å². The molecule has 0 aliphatic heterocycles. The van der Waals surface area contributed by atoms with Gasteiger partial charge >= 0.3 is 0 Å². The maximum atomic E-state index is 13.6. The second-order valence-electron chi connectivity index (χ2n) is 4.64. The molecule has 20 heavy (non-hydrogen) atoms. The van der Waals surface area contributed by atoms with Gasteiger partial charge in [-0.15, -0.1) is 0 Å². The Balaban J connectivity index is 2.00. The molecule has 0 amide bonds. The molecule has 0 heterocycles. The molecule has 1 atom stereocenters. The van der Waals surface area contributed by atoms with Crippen LogP contribution < -0.4 is 10.5 Å². The molecule has 0 aliphatic rings. The highest BCUT2D eigenvalue weighted by Gasteiger charge is 2.14. The van der Waals surface area contributed by atoms with Crippen molar-refractivity contribution in [3.8, 4) is 5.75 Å². The van der Waals surface area contributed by atoms with Crippen LogP contribution in [0.5, 0.6) is 5.75 Å². The first-order chi connectivity index (χ1) is 9.61. The van der Waals surface area contributed by atoms with Crippen molar-refractivity contribution >= 4 is 0 Å². The Hall–Kier alpha value is -1.94. The molecule has 0 radical (unpaired) electrons. The summed E-state index contributed by atoms with van der Waals surface area (Å²) in [5.41, 5.74) is 7.24. The smallest absolute Gasteiger partial charge is 0.163 e. The van der Waals surface area contributed by atoms with Gasteiger partial charge in [0.25, 0.3) is 0 Å². The summed E-state index contributed by atoms with van der Waals surface area (Å²) >= 11 is 0. The van der Waals surface area contributed by atoms with E-state index in [0.29, 0.717) is 12.8 Å². The van der Waals surface area contributed by atoms with Gasteiger partial charge in [0, 0.05) is 11.6 Å². The van der Waals surface area contributed by atoms with E-state index in [4.69, 9.17) is 10.5 Å². The van der Waals surface area contributed by atoms with Crippen LogP contribution in [0.1, 0.15) is 23.6 Å². The van der Waals surface area contributed by atoms with E-state index in [0.717, 1.165) is 17.4 Å². The molecule has 2 N–H and O–H groups in total. The maximum Gasteiger partial charge on any atom is 0.163 e. The first-order valence-corrected chi connectivity index (χ1v) is 6.44. The monoisotopic (exact) mass is 277 g/mol. The van der Waals surface area contributed by atoms with E-state index in [1.54, 1.807) is 7.11 Å². The lowest BCUT2D eigenvalue weighted by Crippen LogP contribution is -2.14. The summed E-state index contributed by atoms with van der Waals surface area (Å²) in [6, 6.07) is 11.2. The molecule has 0 bridgehead atoms. The van der Waals surface area contributed by atoms with Gasteiger partial charge in [-0.25, -0.2) is 8.78 Å². The molecule has 0 aliphatic carbocycles. The molecule has 2 aromatic carbocycles. The molecule has 1 unspecified atom stereocenters. The van der Waals surface area contributed by atoms with Crippen LogP contribution in [-0.4, -0.2) is 7.11 Å². The fourth-order valence-electron chi connectivity index (χ4n) is 2.08. The maximum absolute atomic E-state index is 13.6. The molecule has 0 fully saturated rings. The Morgan fingerprint density at radius 2 is 1.80 bits per heavy atom. The summed E-state index contributed by atoms with van der Waals surface area (Å²) in [6.45, 7) is 0. The lowest BCUT2D eigenvalue weighted by atomic mass is 9.99. The number of halogens is 2. The zero-order valence-electron chi connectivity index (χ0n) is 11.3. The van der Waals surface area contributed by atoms with Gasteiger partial charge in [-0.05, 0) is 36.6 Å². The SMILES string of the molecule is COc1ccc(CCC(N)c2cccc(F)c2F)cc1. The molecule has 0 spiro atoms. The molecule has 106 valence electrons. The molecule has 0 aromatic heterocycles. The first kappa shape index (κ1) is 14.5. The van der Waals surface area contributed by atoms with Gasteiger partial charge in [0.15, 0.2) is 11.6 Å². The Bertz CT molecular complexity index is 569. The Kier molecular flexibility index (Phi) is 4.69. The Labute approximate surface area is 117 Å². The predicted molar refractivity (Wildman–Crippen MR) is 74.6 cm³/mol. The van der Waals surface area contributed by atoms with Gasteiger partial charge in [0.05, 0.1) is 7.11 Å². The molecule has 2 rings (SSSR count). The largest absolute Gasteiger partial charge is 0.497 e. The zero-order valence-corrected chi connectivity index (χ0v) is 11.3. The number of ether oxygens (including phenoxy) is 1. The van der Waals surface area contributed by atoms with Gasteiger partial charge in [0.1, 0.15) is 5.75 Å². The topological polar surface area (TPSA) is 35.2 Å². The summed E-state index contributed by atoms with van der Waals surface area (Å²) in [5.74, 6) is -0.925. The summed E-state index contributed by atoms with van der Waals surface area (Å²) in [4.78, 5) is 0. The van der Waals surface area contributed by atoms with Crippen molar-refractivity contribution in [2.75, 3.05) is 7.11 Å². The third kappa shape index (κ3) is 3.33. The second-order valence-corrected chi connectivity index (χ2v) is 4.64. The van der Waals surface area contributed by atoms with Crippen molar-refractivity contribution in [3.05, 3.63) is 65.2 Å². The van der Waals surface area contributed by atoms with Crippen LogP contribution in [0.2, 0.25) is 0 Å². The van der Waals surface area contributed by atoms with Gasteiger partial charge in [-0.1, -0.05) is 24.3 Å². The van der Waals surface area contributed by atoms with Gasteiger partial charge < -0.3 is 10.5 Å². The van der Waals surface area contributed by atoms with Gasteiger partial charge in [-0.3, -0.25) is 0 Å². The van der Waals surface area contributed by atoms with Crippen LogP contribution >= 0.6 is 0 Å². The third-order valence-corrected chi connectivity index (χ3v) is 3.28. The molecule has 2 aromatic rings. The number of hydrogen-bond acceptors (Lipinski definition) is 2. The Morgan fingerprint density at radius 1 is 1.10 bits per heavy atom. The fraction of sp³-hybridized carbons (Fsp3) is 0.250. The highest BCUT2D eigenvalue weighted by Crippen LogP contribution is 2.22. The van der Waals surface area contributed by atoms with Crippen molar-refractivity contribution in [1.29, 1.82) is 0 Å². The number of nitrogens with two attached hydrogens (primary N) is 1. The van der Waals surface area contributed by atoms with Crippen molar-refractivity contribution in [2.45, 2.75) is 18.9 Å².